The van der Waals surface area contributed by atoms with Gasteiger partial charge in [-0.1, -0.05) is 32.0 Å². The van der Waals surface area contributed by atoms with Crippen LogP contribution in [0, 0.1) is 17.7 Å². The maximum atomic E-state index is 13.8. The fourth-order valence-corrected chi connectivity index (χ4v) is 2.56. The SMILES string of the molecule is CC(C)CC(CN)CC(=O)N(C)C(C)c1ccccc1F. The van der Waals surface area contributed by atoms with Crippen LogP contribution in [0.4, 0.5) is 4.39 Å². The van der Waals surface area contributed by atoms with Gasteiger partial charge >= 0.3 is 0 Å². The van der Waals surface area contributed by atoms with E-state index in [1.54, 1.807) is 30.1 Å². The molecule has 0 saturated carbocycles. The summed E-state index contributed by atoms with van der Waals surface area (Å²) in [5.41, 5.74) is 6.29. The normalized spacial score (nSPS) is 14.0. The molecule has 1 aromatic rings. The molecule has 0 fully saturated rings. The molecule has 0 heterocycles. The van der Waals surface area contributed by atoms with Crippen LogP contribution < -0.4 is 5.73 Å². The van der Waals surface area contributed by atoms with Gasteiger partial charge in [-0.2, -0.15) is 0 Å². The average molecular weight is 294 g/mol. The van der Waals surface area contributed by atoms with Crippen LogP contribution in [0.5, 0.6) is 0 Å². The van der Waals surface area contributed by atoms with E-state index in [9.17, 15) is 9.18 Å². The summed E-state index contributed by atoms with van der Waals surface area (Å²) in [5.74, 6) is 0.442. The van der Waals surface area contributed by atoms with E-state index in [4.69, 9.17) is 5.73 Å². The topological polar surface area (TPSA) is 46.3 Å². The summed E-state index contributed by atoms with van der Waals surface area (Å²) in [4.78, 5) is 14.0. The Kier molecular flexibility index (Phi) is 6.82. The summed E-state index contributed by atoms with van der Waals surface area (Å²) in [5, 5.41) is 0. The molecule has 1 aromatic carbocycles. The Balaban J connectivity index is 2.71. The van der Waals surface area contributed by atoms with Crippen LogP contribution in [0.15, 0.2) is 24.3 Å². The molecule has 2 N–H and O–H groups in total. The Morgan fingerprint density at radius 2 is 1.90 bits per heavy atom. The zero-order chi connectivity index (χ0) is 16.0. The van der Waals surface area contributed by atoms with Gasteiger partial charge in [0.25, 0.3) is 0 Å². The third-order valence-electron chi connectivity index (χ3n) is 3.93. The van der Waals surface area contributed by atoms with Crippen molar-refractivity contribution >= 4 is 5.91 Å². The number of amides is 1. The largest absolute Gasteiger partial charge is 0.339 e. The lowest BCUT2D eigenvalue weighted by Gasteiger charge is -2.27. The molecule has 0 aliphatic heterocycles. The molecule has 118 valence electrons. The number of nitrogens with two attached hydrogens (primary N) is 1. The third-order valence-corrected chi connectivity index (χ3v) is 3.93. The van der Waals surface area contributed by atoms with E-state index in [-0.39, 0.29) is 23.7 Å². The molecule has 0 saturated heterocycles. The number of halogens is 1. The Bertz CT molecular complexity index is 462. The van der Waals surface area contributed by atoms with E-state index < -0.39 is 0 Å². The minimum atomic E-state index is -0.281. The van der Waals surface area contributed by atoms with Crippen molar-refractivity contribution < 1.29 is 9.18 Å². The quantitative estimate of drug-likeness (QED) is 0.838. The fourth-order valence-electron chi connectivity index (χ4n) is 2.56. The minimum absolute atomic E-state index is 0.0156. The van der Waals surface area contributed by atoms with Gasteiger partial charge in [-0.3, -0.25) is 4.79 Å². The van der Waals surface area contributed by atoms with Crippen molar-refractivity contribution in [1.82, 2.24) is 4.90 Å². The first kappa shape index (κ1) is 17.6. The molecule has 1 rings (SSSR count). The van der Waals surface area contributed by atoms with Gasteiger partial charge in [0, 0.05) is 19.0 Å². The van der Waals surface area contributed by atoms with Crippen molar-refractivity contribution in [3.63, 3.8) is 0 Å². The predicted octanol–water partition coefficient (Wildman–Crippen LogP) is 3.36. The van der Waals surface area contributed by atoms with E-state index in [2.05, 4.69) is 13.8 Å². The Morgan fingerprint density at radius 3 is 2.43 bits per heavy atom. The Morgan fingerprint density at radius 1 is 1.29 bits per heavy atom. The monoisotopic (exact) mass is 294 g/mol. The summed E-state index contributed by atoms with van der Waals surface area (Å²) in [6, 6.07) is 6.30. The first-order valence-corrected chi connectivity index (χ1v) is 7.56. The molecule has 0 bridgehead atoms. The Hall–Kier alpha value is -1.42. The highest BCUT2D eigenvalue weighted by Crippen LogP contribution is 2.24. The zero-order valence-corrected chi connectivity index (χ0v) is 13.5. The summed E-state index contributed by atoms with van der Waals surface area (Å²) in [7, 11) is 1.72. The van der Waals surface area contributed by atoms with Crippen LogP contribution in [0.1, 0.15) is 45.2 Å². The number of nitrogens with zero attached hydrogens (tertiary/aromatic N) is 1. The van der Waals surface area contributed by atoms with E-state index >= 15 is 0 Å². The highest BCUT2D eigenvalue weighted by atomic mass is 19.1. The molecule has 0 aliphatic carbocycles. The number of benzene rings is 1. The van der Waals surface area contributed by atoms with Gasteiger partial charge < -0.3 is 10.6 Å². The van der Waals surface area contributed by atoms with Crippen molar-refractivity contribution in [2.24, 2.45) is 17.6 Å². The average Bonchev–Trinajstić information content (AvgIpc) is 2.44. The molecule has 0 aromatic heterocycles. The number of hydrogen-bond donors (Lipinski definition) is 1. The first-order chi connectivity index (χ1) is 9.86. The fraction of sp³-hybridized carbons (Fsp3) is 0.588. The summed E-state index contributed by atoms with van der Waals surface area (Å²) >= 11 is 0. The van der Waals surface area contributed by atoms with Crippen LogP contribution >= 0.6 is 0 Å². The van der Waals surface area contributed by atoms with Crippen molar-refractivity contribution in [2.45, 2.75) is 39.7 Å². The lowest BCUT2D eigenvalue weighted by atomic mass is 9.93. The number of carbonyl (C=O) groups is 1. The molecule has 2 unspecified atom stereocenters. The highest BCUT2D eigenvalue weighted by molar-refractivity contribution is 5.76. The molecule has 21 heavy (non-hydrogen) atoms. The van der Waals surface area contributed by atoms with Gasteiger partial charge in [0.15, 0.2) is 0 Å². The van der Waals surface area contributed by atoms with E-state index in [1.165, 1.54) is 6.07 Å². The van der Waals surface area contributed by atoms with Gasteiger partial charge in [-0.05, 0) is 37.8 Å². The van der Waals surface area contributed by atoms with Crippen molar-refractivity contribution in [1.29, 1.82) is 0 Å². The molecule has 0 spiro atoms. The third kappa shape index (κ3) is 5.12. The molecule has 0 aliphatic rings. The molecule has 3 nitrogen and oxygen atoms in total. The standard InChI is InChI=1S/C17H27FN2O/c1-12(2)9-14(11-19)10-17(21)20(4)13(3)15-7-5-6-8-16(15)18/h5-8,12-14H,9-11,19H2,1-4H3. The first-order valence-electron chi connectivity index (χ1n) is 7.56. The number of hydrogen-bond acceptors (Lipinski definition) is 2. The van der Waals surface area contributed by atoms with Crippen LogP contribution in [0.2, 0.25) is 0 Å². The minimum Gasteiger partial charge on any atom is -0.339 e. The second-order valence-corrected chi connectivity index (χ2v) is 6.14. The second kappa shape index (κ2) is 8.13. The summed E-state index contributed by atoms with van der Waals surface area (Å²) in [6.07, 6.45) is 1.36. The van der Waals surface area contributed by atoms with E-state index in [0.29, 0.717) is 24.4 Å². The second-order valence-electron chi connectivity index (χ2n) is 6.14. The van der Waals surface area contributed by atoms with Crippen molar-refractivity contribution in [3.05, 3.63) is 35.6 Å². The van der Waals surface area contributed by atoms with Gasteiger partial charge in [-0.15, -0.1) is 0 Å². The van der Waals surface area contributed by atoms with Gasteiger partial charge in [0.1, 0.15) is 5.82 Å². The van der Waals surface area contributed by atoms with Gasteiger partial charge in [0.05, 0.1) is 6.04 Å². The Labute approximate surface area is 127 Å². The molecular weight excluding hydrogens is 267 g/mol. The van der Waals surface area contributed by atoms with Crippen molar-refractivity contribution in [2.75, 3.05) is 13.6 Å². The van der Waals surface area contributed by atoms with Crippen LogP contribution in [0.3, 0.4) is 0 Å². The maximum absolute atomic E-state index is 13.8. The van der Waals surface area contributed by atoms with Gasteiger partial charge in [0.2, 0.25) is 5.91 Å². The number of carbonyl (C=O) groups excluding carboxylic acids is 1. The van der Waals surface area contributed by atoms with Crippen LogP contribution in [0.25, 0.3) is 0 Å². The summed E-state index contributed by atoms with van der Waals surface area (Å²) in [6.45, 7) is 6.60. The highest BCUT2D eigenvalue weighted by Gasteiger charge is 2.22. The van der Waals surface area contributed by atoms with E-state index in [1.807, 2.05) is 6.92 Å². The predicted molar refractivity (Wildman–Crippen MR) is 84.2 cm³/mol. The molecule has 2 atom stereocenters. The lowest BCUT2D eigenvalue weighted by Crippen LogP contribution is -2.33. The van der Waals surface area contributed by atoms with Gasteiger partial charge in [-0.25, -0.2) is 4.39 Å². The molecular formula is C17H27FN2O. The molecule has 0 radical (unpaired) electrons. The van der Waals surface area contributed by atoms with Crippen molar-refractivity contribution in [3.8, 4) is 0 Å². The molecule has 4 heteroatoms. The molecule has 1 amide bonds. The number of rotatable bonds is 7. The lowest BCUT2D eigenvalue weighted by molar-refractivity contribution is -0.132. The zero-order valence-electron chi connectivity index (χ0n) is 13.5. The van der Waals surface area contributed by atoms with Crippen LogP contribution in [-0.4, -0.2) is 24.4 Å². The maximum Gasteiger partial charge on any atom is 0.223 e. The van der Waals surface area contributed by atoms with Crippen LogP contribution in [-0.2, 0) is 4.79 Å². The van der Waals surface area contributed by atoms with E-state index in [0.717, 1.165) is 6.42 Å². The summed E-state index contributed by atoms with van der Waals surface area (Å²) < 4.78 is 13.8. The smallest absolute Gasteiger partial charge is 0.223 e.